The number of urea groups is 1. The fourth-order valence-corrected chi connectivity index (χ4v) is 2.31. The second kappa shape index (κ2) is 8.19. The van der Waals surface area contributed by atoms with Gasteiger partial charge in [-0.25, -0.2) is 9.59 Å². The zero-order valence-corrected chi connectivity index (χ0v) is 13.1. The van der Waals surface area contributed by atoms with Crippen LogP contribution >= 0.6 is 0 Å². The van der Waals surface area contributed by atoms with E-state index in [0.717, 1.165) is 0 Å². The van der Waals surface area contributed by atoms with Crippen LogP contribution in [0.15, 0.2) is 0 Å². The van der Waals surface area contributed by atoms with Gasteiger partial charge in [-0.15, -0.1) is 0 Å². The van der Waals surface area contributed by atoms with Gasteiger partial charge in [-0.3, -0.25) is 0 Å². The largest absolute Gasteiger partial charge is 0.480 e. The number of hydrogen-bond donors (Lipinski definition) is 2. The number of methoxy groups -OCH3 is 1. The van der Waals surface area contributed by atoms with Gasteiger partial charge in [0.15, 0.2) is 0 Å². The monoisotopic (exact) mass is 302 g/mol. The Kier molecular flexibility index (Phi) is 6.91. The van der Waals surface area contributed by atoms with E-state index in [4.69, 9.17) is 9.47 Å². The average Bonchev–Trinajstić information content (AvgIpc) is 2.43. The number of aliphatic carboxylic acids is 1. The van der Waals surface area contributed by atoms with E-state index in [2.05, 4.69) is 5.32 Å². The number of amides is 2. The summed E-state index contributed by atoms with van der Waals surface area (Å²) >= 11 is 0. The van der Waals surface area contributed by atoms with Crippen molar-refractivity contribution in [2.45, 2.75) is 32.2 Å². The van der Waals surface area contributed by atoms with E-state index < -0.39 is 11.5 Å². The summed E-state index contributed by atoms with van der Waals surface area (Å²) in [7, 11) is 1.57. The maximum absolute atomic E-state index is 12.4. The second-order valence-corrected chi connectivity index (χ2v) is 5.76. The topological polar surface area (TPSA) is 88.1 Å². The minimum atomic E-state index is -1.22. The van der Waals surface area contributed by atoms with Crippen LogP contribution in [0.3, 0.4) is 0 Å². The number of nitrogens with one attached hydrogen (secondary N) is 1. The van der Waals surface area contributed by atoms with Gasteiger partial charge in [0, 0.05) is 46.3 Å². The van der Waals surface area contributed by atoms with Crippen LogP contribution in [0.2, 0.25) is 0 Å². The molecule has 0 atom stereocenters. The fraction of sp³-hybridized carbons (Fsp3) is 0.857. The van der Waals surface area contributed by atoms with Gasteiger partial charge in [0.1, 0.15) is 5.54 Å². The van der Waals surface area contributed by atoms with Crippen LogP contribution in [0.25, 0.3) is 0 Å². The fourth-order valence-electron chi connectivity index (χ4n) is 2.31. The molecule has 1 aliphatic rings. The van der Waals surface area contributed by atoms with E-state index in [1.54, 1.807) is 12.0 Å². The molecule has 1 heterocycles. The molecular formula is C14H26N2O5. The maximum Gasteiger partial charge on any atom is 0.329 e. The first-order valence-corrected chi connectivity index (χ1v) is 7.28. The molecule has 7 nitrogen and oxygen atoms in total. The Hall–Kier alpha value is -1.34. The number of hydrogen-bond acceptors (Lipinski definition) is 4. The molecule has 0 radical (unpaired) electrons. The summed E-state index contributed by atoms with van der Waals surface area (Å²) < 4.78 is 10.2. The Morgan fingerprint density at radius 2 is 2.00 bits per heavy atom. The molecule has 0 aromatic carbocycles. The Balaban J connectivity index is 2.74. The lowest BCUT2D eigenvalue weighted by atomic mass is 9.90. The second-order valence-electron chi connectivity index (χ2n) is 5.76. The van der Waals surface area contributed by atoms with Crippen molar-refractivity contribution >= 4 is 12.0 Å². The predicted molar refractivity (Wildman–Crippen MR) is 77.2 cm³/mol. The SMILES string of the molecule is COCCN(CC(C)C)C(=O)NC1(C(=O)O)CCOCC1. The molecule has 2 N–H and O–H groups in total. The number of nitrogens with zero attached hydrogens (tertiary/aromatic N) is 1. The molecule has 1 fully saturated rings. The van der Waals surface area contributed by atoms with E-state index in [-0.39, 0.29) is 18.9 Å². The molecule has 7 heteroatoms. The molecule has 0 unspecified atom stereocenters. The van der Waals surface area contributed by atoms with Crippen molar-refractivity contribution in [1.82, 2.24) is 10.2 Å². The normalized spacial score (nSPS) is 17.5. The van der Waals surface area contributed by atoms with E-state index in [0.29, 0.717) is 38.8 Å². The first-order valence-electron chi connectivity index (χ1n) is 7.28. The first-order chi connectivity index (χ1) is 9.91. The molecule has 0 spiro atoms. The minimum absolute atomic E-state index is 0.286. The zero-order valence-electron chi connectivity index (χ0n) is 13.1. The number of carboxylic acid groups (broad SMARTS) is 1. The molecule has 2 amide bonds. The molecule has 1 saturated heterocycles. The smallest absolute Gasteiger partial charge is 0.329 e. The quantitative estimate of drug-likeness (QED) is 0.730. The molecule has 21 heavy (non-hydrogen) atoms. The highest BCUT2D eigenvalue weighted by atomic mass is 16.5. The first kappa shape index (κ1) is 17.7. The molecule has 0 aromatic heterocycles. The molecule has 0 aliphatic carbocycles. The summed E-state index contributed by atoms with van der Waals surface area (Å²) in [4.78, 5) is 25.6. The van der Waals surface area contributed by atoms with Crippen LogP contribution < -0.4 is 5.32 Å². The molecule has 0 bridgehead atoms. The van der Waals surface area contributed by atoms with E-state index in [9.17, 15) is 14.7 Å². The van der Waals surface area contributed by atoms with Gasteiger partial charge in [0.05, 0.1) is 6.61 Å². The third kappa shape index (κ3) is 5.17. The highest BCUT2D eigenvalue weighted by molar-refractivity contribution is 5.86. The van der Waals surface area contributed by atoms with Crippen LogP contribution in [0, 0.1) is 5.92 Å². The number of carboxylic acids is 1. The summed E-state index contributed by atoms with van der Waals surface area (Å²) in [6, 6.07) is -0.356. The van der Waals surface area contributed by atoms with Crippen molar-refractivity contribution in [3.8, 4) is 0 Å². The highest BCUT2D eigenvalue weighted by Gasteiger charge is 2.42. The third-order valence-electron chi connectivity index (χ3n) is 3.54. The van der Waals surface area contributed by atoms with Gasteiger partial charge < -0.3 is 24.8 Å². The molecule has 0 saturated carbocycles. The molecular weight excluding hydrogens is 276 g/mol. The van der Waals surface area contributed by atoms with Crippen molar-refractivity contribution in [2.24, 2.45) is 5.92 Å². The van der Waals surface area contributed by atoms with E-state index in [1.807, 2.05) is 13.8 Å². The number of rotatable bonds is 7. The standard InChI is InChI=1S/C14H26N2O5/c1-11(2)10-16(6-9-20-3)13(19)15-14(12(17)18)4-7-21-8-5-14/h11H,4-10H2,1-3H3,(H,15,19)(H,17,18). The molecule has 122 valence electrons. The lowest BCUT2D eigenvalue weighted by Gasteiger charge is -2.36. The number of carbonyl (C=O) groups is 2. The van der Waals surface area contributed by atoms with E-state index >= 15 is 0 Å². The van der Waals surface area contributed by atoms with Crippen LogP contribution in [-0.2, 0) is 14.3 Å². The van der Waals surface area contributed by atoms with Crippen LogP contribution in [0.4, 0.5) is 4.79 Å². The van der Waals surface area contributed by atoms with E-state index in [1.165, 1.54) is 0 Å². The predicted octanol–water partition coefficient (Wildman–Crippen LogP) is 0.934. The third-order valence-corrected chi connectivity index (χ3v) is 3.54. The van der Waals surface area contributed by atoms with Crippen molar-refractivity contribution in [1.29, 1.82) is 0 Å². The zero-order chi connectivity index (χ0) is 15.9. The summed E-state index contributed by atoms with van der Waals surface area (Å²) in [6.45, 7) is 6.12. The van der Waals surface area contributed by atoms with Gasteiger partial charge in [-0.2, -0.15) is 0 Å². The van der Waals surface area contributed by atoms with Gasteiger partial charge in [-0.05, 0) is 5.92 Å². The Labute approximate surface area is 125 Å². The summed E-state index contributed by atoms with van der Waals surface area (Å²) in [5.41, 5.74) is -1.22. The summed E-state index contributed by atoms with van der Waals surface area (Å²) in [5.74, 6) is -0.710. The minimum Gasteiger partial charge on any atom is -0.480 e. The Morgan fingerprint density at radius 3 is 2.48 bits per heavy atom. The molecule has 1 rings (SSSR count). The van der Waals surface area contributed by atoms with Gasteiger partial charge in [0.25, 0.3) is 0 Å². The van der Waals surface area contributed by atoms with Gasteiger partial charge in [-0.1, -0.05) is 13.8 Å². The van der Waals surface area contributed by atoms with Crippen LogP contribution in [0.5, 0.6) is 0 Å². The lowest BCUT2D eigenvalue weighted by molar-refractivity contribution is -0.148. The van der Waals surface area contributed by atoms with Crippen molar-refractivity contribution in [3.63, 3.8) is 0 Å². The average molecular weight is 302 g/mol. The van der Waals surface area contributed by atoms with Gasteiger partial charge in [0.2, 0.25) is 0 Å². The van der Waals surface area contributed by atoms with Gasteiger partial charge >= 0.3 is 12.0 Å². The Morgan fingerprint density at radius 1 is 1.38 bits per heavy atom. The van der Waals surface area contributed by atoms with Crippen LogP contribution in [0.1, 0.15) is 26.7 Å². The number of carbonyl (C=O) groups excluding carboxylic acids is 1. The van der Waals surface area contributed by atoms with Crippen molar-refractivity contribution in [2.75, 3.05) is 40.0 Å². The molecule has 0 aromatic rings. The van der Waals surface area contributed by atoms with Crippen molar-refractivity contribution < 1.29 is 24.2 Å². The summed E-state index contributed by atoms with van der Waals surface area (Å²) in [6.07, 6.45) is 0.571. The highest BCUT2D eigenvalue weighted by Crippen LogP contribution is 2.21. The molecule has 1 aliphatic heterocycles. The summed E-state index contributed by atoms with van der Waals surface area (Å²) in [5, 5.41) is 12.2. The Bertz CT molecular complexity index is 353. The maximum atomic E-state index is 12.4. The van der Waals surface area contributed by atoms with Crippen molar-refractivity contribution in [3.05, 3.63) is 0 Å². The number of ether oxygens (including phenoxy) is 2. The lowest BCUT2D eigenvalue weighted by Crippen LogP contribution is -2.60. The van der Waals surface area contributed by atoms with Crippen LogP contribution in [-0.4, -0.2) is 67.6 Å².